The zero-order chi connectivity index (χ0) is 7.68. The molecule has 0 aliphatic carbocycles. The summed E-state index contributed by atoms with van der Waals surface area (Å²) in [6.07, 6.45) is 1.45. The molecule has 0 aromatic carbocycles. The summed E-state index contributed by atoms with van der Waals surface area (Å²) in [7, 11) is 0. The molecule has 0 radical (unpaired) electrons. The molecule has 0 fully saturated rings. The van der Waals surface area contributed by atoms with Gasteiger partial charge in [-0.25, -0.2) is 4.79 Å². The summed E-state index contributed by atoms with van der Waals surface area (Å²) in [4.78, 5) is 14.3. The van der Waals surface area contributed by atoms with Gasteiger partial charge in [0.05, 0.1) is 12.3 Å². The second-order valence-electron chi connectivity index (χ2n) is 2.10. The standard InChI is InChI=1S/C6H5N3O2/c10-6-7-3-5(8-6)4-1-2-11-9-4/h1-2H,3H2,(H,7,10). The maximum absolute atomic E-state index is 10.6. The molecule has 0 unspecified atom stereocenters. The van der Waals surface area contributed by atoms with Gasteiger partial charge in [-0.1, -0.05) is 5.16 Å². The molecule has 0 bridgehead atoms. The van der Waals surface area contributed by atoms with Gasteiger partial charge in [0.2, 0.25) is 0 Å². The third kappa shape index (κ3) is 1.000. The van der Waals surface area contributed by atoms with E-state index >= 15 is 0 Å². The Morgan fingerprint density at radius 1 is 1.64 bits per heavy atom. The quantitative estimate of drug-likeness (QED) is 0.622. The normalized spacial score (nSPS) is 16.4. The Morgan fingerprint density at radius 3 is 3.09 bits per heavy atom. The maximum Gasteiger partial charge on any atom is 0.341 e. The highest BCUT2D eigenvalue weighted by Crippen LogP contribution is 2.01. The highest BCUT2D eigenvalue weighted by atomic mass is 16.5. The van der Waals surface area contributed by atoms with E-state index in [-0.39, 0.29) is 6.03 Å². The molecule has 0 saturated heterocycles. The molecule has 0 saturated carbocycles. The number of urea groups is 1. The lowest BCUT2D eigenvalue weighted by Gasteiger charge is -1.87. The Balaban J connectivity index is 2.31. The molecule has 56 valence electrons. The van der Waals surface area contributed by atoms with Gasteiger partial charge in [-0.3, -0.25) is 0 Å². The Bertz CT molecular complexity index is 302. The second kappa shape index (κ2) is 2.19. The summed E-state index contributed by atoms with van der Waals surface area (Å²) >= 11 is 0. The molecule has 2 rings (SSSR count). The molecule has 0 spiro atoms. The molecule has 1 N–H and O–H groups in total. The molecule has 2 amide bonds. The largest absolute Gasteiger partial charge is 0.364 e. The number of nitrogens with one attached hydrogen (secondary N) is 1. The first kappa shape index (κ1) is 6.09. The number of hydrogen-bond donors (Lipinski definition) is 1. The van der Waals surface area contributed by atoms with Crippen LogP contribution in [-0.4, -0.2) is 23.4 Å². The van der Waals surface area contributed by atoms with Gasteiger partial charge >= 0.3 is 6.03 Å². The van der Waals surface area contributed by atoms with Crippen molar-refractivity contribution in [2.45, 2.75) is 0 Å². The van der Waals surface area contributed by atoms with Crippen LogP contribution in [0, 0.1) is 0 Å². The third-order valence-electron chi connectivity index (χ3n) is 1.38. The fraction of sp³-hybridized carbons (Fsp3) is 0.167. The van der Waals surface area contributed by atoms with Crippen molar-refractivity contribution in [1.29, 1.82) is 0 Å². The first-order valence-corrected chi connectivity index (χ1v) is 3.12. The molecule has 5 nitrogen and oxygen atoms in total. The number of nitrogens with zero attached hydrogens (tertiary/aromatic N) is 2. The highest BCUT2D eigenvalue weighted by molar-refractivity contribution is 6.10. The Morgan fingerprint density at radius 2 is 2.55 bits per heavy atom. The first-order chi connectivity index (χ1) is 5.36. The predicted molar refractivity (Wildman–Crippen MR) is 36.4 cm³/mol. The van der Waals surface area contributed by atoms with Crippen molar-refractivity contribution in [3.8, 4) is 0 Å². The van der Waals surface area contributed by atoms with Crippen molar-refractivity contribution in [2.75, 3.05) is 6.54 Å². The summed E-state index contributed by atoms with van der Waals surface area (Å²) in [5.41, 5.74) is 1.24. The summed E-state index contributed by atoms with van der Waals surface area (Å²) in [5.74, 6) is 0. The van der Waals surface area contributed by atoms with Crippen LogP contribution in [0.5, 0.6) is 0 Å². The second-order valence-corrected chi connectivity index (χ2v) is 2.10. The minimum Gasteiger partial charge on any atom is -0.364 e. The van der Waals surface area contributed by atoms with Crippen LogP contribution in [0.15, 0.2) is 21.8 Å². The molecule has 2 heterocycles. The number of aliphatic imine (C=N–C) groups is 1. The highest BCUT2D eigenvalue weighted by Gasteiger charge is 2.15. The molecule has 1 aromatic heterocycles. The molecule has 11 heavy (non-hydrogen) atoms. The van der Waals surface area contributed by atoms with Crippen molar-refractivity contribution in [1.82, 2.24) is 10.5 Å². The Labute approximate surface area is 62.1 Å². The van der Waals surface area contributed by atoms with Crippen molar-refractivity contribution in [3.05, 3.63) is 18.0 Å². The fourth-order valence-corrected chi connectivity index (χ4v) is 0.870. The van der Waals surface area contributed by atoms with Gasteiger partial charge < -0.3 is 9.84 Å². The lowest BCUT2D eigenvalue weighted by Crippen LogP contribution is -2.17. The average molecular weight is 151 g/mol. The molecule has 1 aliphatic heterocycles. The predicted octanol–water partition coefficient (Wildman–Crippen LogP) is 0.187. The molecular formula is C6H5N3O2. The smallest absolute Gasteiger partial charge is 0.341 e. The van der Waals surface area contributed by atoms with Crippen LogP contribution in [0.1, 0.15) is 5.69 Å². The lowest BCUT2D eigenvalue weighted by molar-refractivity contribution is 0.252. The summed E-state index contributed by atoms with van der Waals surface area (Å²) in [6, 6.07) is 1.35. The van der Waals surface area contributed by atoms with E-state index in [1.54, 1.807) is 6.07 Å². The summed E-state index contributed by atoms with van der Waals surface area (Å²) < 4.78 is 4.59. The SMILES string of the molecule is O=C1N=C(c2ccon2)CN1. The topological polar surface area (TPSA) is 67.5 Å². The minimum atomic E-state index is -0.317. The number of rotatable bonds is 1. The minimum absolute atomic E-state index is 0.317. The van der Waals surface area contributed by atoms with E-state index in [2.05, 4.69) is 20.0 Å². The van der Waals surface area contributed by atoms with Gasteiger partial charge in [0.1, 0.15) is 12.0 Å². The van der Waals surface area contributed by atoms with E-state index in [9.17, 15) is 4.79 Å². The number of aromatic nitrogens is 1. The van der Waals surface area contributed by atoms with Gasteiger partial charge in [-0.2, -0.15) is 4.99 Å². The zero-order valence-electron chi connectivity index (χ0n) is 5.57. The monoisotopic (exact) mass is 151 g/mol. The average Bonchev–Trinajstić information content (AvgIpc) is 2.55. The van der Waals surface area contributed by atoms with E-state index in [0.29, 0.717) is 18.0 Å². The summed E-state index contributed by atoms with van der Waals surface area (Å²) in [6.45, 7) is 0.436. The molecular weight excluding hydrogens is 146 g/mol. The van der Waals surface area contributed by atoms with E-state index < -0.39 is 0 Å². The zero-order valence-corrected chi connectivity index (χ0v) is 5.57. The van der Waals surface area contributed by atoms with Gasteiger partial charge in [-0.15, -0.1) is 0 Å². The fourth-order valence-electron chi connectivity index (χ4n) is 0.870. The van der Waals surface area contributed by atoms with Gasteiger partial charge in [0.25, 0.3) is 0 Å². The van der Waals surface area contributed by atoms with Crippen LogP contribution in [0.3, 0.4) is 0 Å². The molecule has 5 heteroatoms. The van der Waals surface area contributed by atoms with Crippen LogP contribution in [0.25, 0.3) is 0 Å². The van der Waals surface area contributed by atoms with E-state index in [0.717, 1.165) is 0 Å². The number of carbonyl (C=O) groups is 1. The van der Waals surface area contributed by atoms with E-state index in [1.165, 1.54) is 6.26 Å². The lowest BCUT2D eigenvalue weighted by atomic mass is 10.3. The van der Waals surface area contributed by atoms with Crippen molar-refractivity contribution in [2.24, 2.45) is 4.99 Å². The van der Waals surface area contributed by atoms with Crippen LogP contribution >= 0.6 is 0 Å². The van der Waals surface area contributed by atoms with Crippen LogP contribution < -0.4 is 5.32 Å². The van der Waals surface area contributed by atoms with Crippen LogP contribution in [0.2, 0.25) is 0 Å². The third-order valence-corrected chi connectivity index (χ3v) is 1.38. The maximum atomic E-state index is 10.6. The molecule has 0 atom stereocenters. The Hall–Kier alpha value is -1.65. The Kier molecular flexibility index (Phi) is 1.21. The molecule has 1 aromatic rings. The first-order valence-electron chi connectivity index (χ1n) is 3.12. The van der Waals surface area contributed by atoms with Crippen molar-refractivity contribution >= 4 is 11.7 Å². The van der Waals surface area contributed by atoms with Crippen LogP contribution in [-0.2, 0) is 0 Å². The van der Waals surface area contributed by atoms with Gasteiger partial charge in [0, 0.05) is 6.07 Å². The molecule has 1 aliphatic rings. The van der Waals surface area contributed by atoms with Crippen LogP contribution in [0.4, 0.5) is 4.79 Å². The number of hydrogen-bond acceptors (Lipinski definition) is 3. The van der Waals surface area contributed by atoms with E-state index in [1.807, 2.05) is 0 Å². The van der Waals surface area contributed by atoms with Crippen molar-refractivity contribution in [3.63, 3.8) is 0 Å². The van der Waals surface area contributed by atoms with E-state index in [4.69, 9.17) is 0 Å². The number of carbonyl (C=O) groups excluding carboxylic acids is 1. The summed E-state index contributed by atoms with van der Waals surface area (Å²) in [5, 5.41) is 6.17. The van der Waals surface area contributed by atoms with Crippen molar-refractivity contribution < 1.29 is 9.32 Å². The number of amides is 2. The van der Waals surface area contributed by atoms with Gasteiger partial charge in [0.15, 0.2) is 0 Å². The van der Waals surface area contributed by atoms with Gasteiger partial charge in [-0.05, 0) is 0 Å².